The number of nitrogens with one attached hydrogen (secondary N) is 2. The van der Waals surface area contributed by atoms with Gasteiger partial charge in [0.25, 0.3) is 11.8 Å². The maximum absolute atomic E-state index is 12.2. The van der Waals surface area contributed by atoms with E-state index in [4.69, 9.17) is 9.47 Å². The Labute approximate surface area is 159 Å². The van der Waals surface area contributed by atoms with Crippen molar-refractivity contribution in [3.05, 3.63) is 58.7 Å². The summed E-state index contributed by atoms with van der Waals surface area (Å²) in [5.74, 6) is 0.775. The largest absolute Gasteiger partial charge is 0.496 e. The molecule has 0 spiro atoms. The van der Waals surface area contributed by atoms with Crippen molar-refractivity contribution in [1.82, 2.24) is 10.6 Å². The van der Waals surface area contributed by atoms with E-state index in [-0.39, 0.29) is 18.4 Å². The third-order valence-electron chi connectivity index (χ3n) is 4.31. The molecule has 2 N–H and O–H groups in total. The molecule has 0 fully saturated rings. The Morgan fingerprint density at radius 1 is 0.926 bits per heavy atom. The third-order valence-corrected chi connectivity index (χ3v) is 4.31. The van der Waals surface area contributed by atoms with Gasteiger partial charge in [-0.05, 0) is 49.6 Å². The maximum Gasteiger partial charge on any atom is 0.258 e. The molecule has 0 aliphatic rings. The van der Waals surface area contributed by atoms with Gasteiger partial charge in [-0.15, -0.1) is 0 Å². The molecule has 0 radical (unpaired) electrons. The lowest BCUT2D eigenvalue weighted by molar-refractivity contribution is -0.123. The van der Waals surface area contributed by atoms with Crippen molar-refractivity contribution >= 4 is 11.8 Å². The molecule has 0 aromatic heterocycles. The Bertz CT molecular complexity index is 818. The van der Waals surface area contributed by atoms with Crippen LogP contribution in [-0.4, -0.2) is 38.6 Å². The topological polar surface area (TPSA) is 76.7 Å². The molecule has 6 heteroatoms. The van der Waals surface area contributed by atoms with Crippen LogP contribution in [0.25, 0.3) is 0 Å². The number of hydrogen-bond acceptors (Lipinski definition) is 4. The molecule has 144 valence electrons. The van der Waals surface area contributed by atoms with Gasteiger partial charge >= 0.3 is 0 Å². The van der Waals surface area contributed by atoms with Crippen LogP contribution in [0.15, 0.2) is 36.4 Å². The molecule has 6 nitrogen and oxygen atoms in total. The summed E-state index contributed by atoms with van der Waals surface area (Å²) in [6, 6.07) is 11.0. The van der Waals surface area contributed by atoms with Crippen LogP contribution in [0.3, 0.4) is 0 Å². The minimum absolute atomic E-state index is 0.0639. The van der Waals surface area contributed by atoms with Gasteiger partial charge in [0.1, 0.15) is 11.5 Å². The molecule has 0 aliphatic heterocycles. The van der Waals surface area contributed by atoms with Gasteiger partial charge in [0.15, 0.2) is 6.61 Å². The normalized spacial score (nSPS) is 10.2. The average Bonchev–Trinajstić information content (AvgIpc) is 2.68. The third kappa shape index (κ3) is 5.48. The zero-order valence-electron chi connectivity index (χ0n) is 16.2. The van der Waals surface area contributed by atoms with Gasteiger partial charge in [0.2, 0.25) is 0 Å². The number of para-hydroxylation sites is 1. The summed E-state index contributed by atoms with van der Waals surface area (Å²) >= 11 is 0. The van der Waals surface area contributed by atoms with Gasteiger partial charge < -0.3 is 20.1 Å². The fourth-order valence-corrected chi connectivity index (χ4v) is 2.64. The Balaban J connectivity index is 1.75. The van der Waals surface area contributed by atoms with Crippen molar-refractivity contribution in [2.45, 2.75) is 20.8 Å². The smallest absolute Gasteiger partial charge is 0.258 e. The van der Waals surface area contributed by atoms with E-state index in [9.17, 15) is 9.59 Å². The maximum atomic E-state index is 12.2. The molecule has 0 bridgehead atoms. The van der Waals surface area contributed by atoms with Crippen molar-refractivity contribution in [3.63, 3.8) is 0 Å². The average molecular weight is 370 g/mol. The van der Waals surface area contributed by atoms with Crippen molar-refractivity contribution in [2.75, 3.05) is 26.8 Å². The fraction of sp³-hybridized carbons (Fsp3) is 0.333. The number of ether oxygens (including phenoxy) is 2. The van der Waals surface area contributed by atoms with E-state index >= 15 is 0 Å². The molecule has 0 saturated heterocycles. The molecular weight excluding hydrogens is 344 g/mol. The van der Waals surface area contributed by atoms with Crippen molar-refractivity contribution in [2.24, 2.45) is 0 Å². The first-order valence-electron chi connectivity index (χ1n) is 8.81. The zero-order chi connectivity index (χ0) is 19.8. The number of amides is 2. The lowest BCUT2D eigenvalue weighted by atomic mass is 10.1. The number of methoxy groups -OCH3 is 1. The SMILES string of the molecule is COc1ccccc1C(=O)NCCNC(=O)COc1c(C)ccc(C)c1C. The minimum Gasteiger partial charge on any atom is -0.496 e. The number of carbonyl (C=O) groups excluding carboxylic acids is 2. The molecule has 0 atom stereocenters. The Morgan fingerprint density at radius 2 is 1.59 bits per heavy atom. The molecule has 2 aromatic rings. The van der Waals surface area contributed by atoms with E-state index in [0.29, 0.717) is 24.4 Å². The van der Waals surface area contributed by atoms with Gasteiger partial charge in [-0.1, -0.05) is 24.3 Å². The lowest BCUT2D eigenvalue weighted by Crippen LogP contribution is -2.37. The van der Waals surface area contributed by atoms with Crippen LogP contribution in [0.5, 0.6) is 11.5 Å². The molecule has 27 heavy (non-hydrogen) atoms. The first-order chi connectivity index (χ1) is 12.9. The first kappa shape index (κ1) is 20.3. The van der Waals surface area contributed by atoms with E-state index < -0.39 is 0 Å². The van der Waals surface area contributed by atoms with E-state index in [1.54, 1.807) is 24.3 Å². The molecule has 0 aliphatic carbocycles. The first-order valence-corrected chi connectivity index (χ1v) is 8.81. The highest BCUT2D eigenvalue weighted by atomic mass is 16.5. The predicted octanol–water partition coefficient (Wildman–Crippen LogP) is 2.55. The summed E-state index contributed by atoms with van der Waals surface area (Å²) in [5, 5.41) is 5.49. The van der Waals surface area contributed by atoms with Crippen LogP contribution < -0.4 is 20.1 Å². The van der Waals surface area contributed by atoms with Crippen molar-refractivity contribution in [3.8, 4) is 11.5 Å². The summed E-state index contributed by atoms with van der Waals surface area (Å²) in [4.78, 5) is 24.1. The van der Waals surface area contributed by atoms with Crippen LogP contribution in [0.1, 0.15) is 27.0 Å². The number of aryl methyl sites for hydroxylation is 2. The van der Waals surface area contributed by atoms with E-state index in [2.05, 4.69) is 10.6 Å². The van der Waals surface area contributed by atoms with Crippen LogP contribution in [0.4, 0.5) is 0 Å². The summed E-state index contributed by atoms with van der Waals surface area (Å²) in [7, 11) is 1.52. The Hall–Kier alpha value is -3.02. The summed E-state index contributed by atoms with van der Waals surface area (Å²) in [6.07, 6.45) is 0. The predicted molar refractivity (Wildman–Crippen MR) is 104 cm³/mol. The molecule has 0 saturated carbocycles. The molecule has 2 aromatic carbocycles. The van der Waals surface area contributed by atoms with E-state index in [1.165, 1.54) is 7.11 Å². The lowest BCUT2D eigenvalue weighted by Gasteiger charge is -2.14. The molecular formula is C21H26N2O4. The number of carbonyl (C=O) groups is 2. The van der Waals surface area contributed by atoms with Gasteiger partial charge in [-0.3, -0.25) is 9.59 Å². The second-order valence-electron chi connectivity index (χ2n) is 6.25. The molecule has 2 rings (SSSR count). The second-order valence-corrected chi connectivity index (χ2v) is 6.25. The van der Waals surface area contributed by atoms with Crippen LogP contribution in [0, 0.1) is 20.8 Å². The number of benzene rings is 2. The fourth-order valence-electron chi connectivity index (χ4n) is 2.64. The van der Waals surface area contributed by atoms with Crippen molar-refractivity contribution in [1.29, 1.82) is 0 Å². The standard InChI is InChI=1S/C21H26N2O4/c1-14-9-10-15(2)20(16(14)3)27-13-19(24)22-11-12-23-21(25)17-7-5-6-8-18(17)26-4/h5-10H,11-13H2,1-4H3,(H,22,24)(H,23,25). The Morgan fingerprint density at radius 3 is 2.33 bits per heavy atom. The summed E-state index contributed by atoms with van der Waals surface area (Å²) in [6.45, 7) is 6.49. The molecule has 0 heterocycles. The zero-order valence-corrected chi connectivity index (χ0v) is 16.2. The quantitative estimate of drug-likeness (QED) is 0.700. The summed E-state index contributed by atoms with van der Waals surface area (Å²) in [5.41, 5.74) is 3.61. The molecule has 2 amide bonds. The highest BCUT2D eigenvalue weighted by molar-refractivity contribution is 5.96. The van der Waals surface area contributed by atoms with Gasteiger partial charge in [0.05, 0.1) is 12.7 Å². The highest BCUT2D eigenvalue weighted by Gasteiger charge is 2.11. The monoisotopic (exact) mass is 370 g/mol. The van der Waals surface area contributed by atoms with Gasteiger partial charge in [-0.2, -0.15) is 0 Å². The number of hydrogen-bond donors (Lipinski definition) is 2. The van der Waals surface area contributed by atoms with Crippen molar-refractivity contribution < 1.29 is 19.1 Å². The minimum atomic E-state index is -0.246. The van der Waals surface area contributed by atoms with Gasteiger partial charge in [-0.25, -0.2) is 0 Å². The summed E-state index contributed by atoms with van der Waals surface area (Å²) < 4.78 is 10.8. The van der Waals surface area contributed by atoms with E-state index in [0.717, 1.165) is 22.4 Å². The van der Waals surface area contributed by atoms with E-state index in [1.807, 2.05) is 32.9 Å². The van der Waals surface area contributed by atoms with Crippen LogP contribution in [-0.2, 0) is 4.79 Å². The Kier molecular flexibility index (Phi) is 7.23. The van der Waals surface area contributed by atoms with Crippen LogP contribution in [0.2, 0.25) is 0 Å². The number of rotatable bonds is 8. The second kappa shape index (κ2) is 9.62. The van der Waals surface area contributed by atoms with Crippen LogP contribution >= 0.6 is 0 Å². The van der Waals surface area contributed by atoms with Gasteiger partial charge in [0, 0.05) is 13.1 Å². The highest BCUT2D eigenvalue weighted by Crippen LogP contribution is 2.25. The molecule has 0 unspecified atom stereocenters.